The zero-order valence-electron chi connectivity index (χ0n) is 18.3. The van der Waals surface area contributed by atoms with Crippen LogP contribution in [-0.4, -0.2) is 92.8 Å². The molecule has 2 aliphatic rings. The van der Waals surface area contributed by atoms with Gasteiger partial charge in [0.2, 0.25) is 0 Å². The van der Waals surface area contributed by atoms with Crippen LogP contribution < -0.4 is 9.80 Å². The predicted octanol–water partition coefficient (Wildman–Crippen LogP) is 1.36. The number of morpholine rings is 1. The van der Waals surface area contributed by atoms with E-state index in [2.05, 4.69) is 32.0 Å². The third-order valence-electron chi connectivity index (χ3n) is 5.68. The van der Waals surface area contributed by atoms with Gasteiger partial charge in [-0.05, 0) is 13.3 Å². The van der Waals surface area contributed by atoms with Gasteiger partial charge < -0.3 is 24.7 Å². The maximum atomic E-state index is 10.6. The Morgan fingerprint density at radius 3 is 2.74 bits per heavy atom. The third-order valence-corrected chi connectivity index (χ3v) is 5.68. The highest BCUT2D eigenvalue weighted by Crippen LogP contribution is 2.41. The van der Waals surface area contributed by atoms with Crippen molar-refractivity contribution >= 4 is 28.5 Å². The number of aliphatic carboxylic acids is 1. The molecule has 3 aromatic rings. The van der Waals surface area contributed by atoms with Gasteiger partial charge in [0, 0.05) is 31.3 Å². The van der Waals surface area contributed by atoms with E-state index in [1.165, 1.54) is 5.56 Å². The number of halogens is 3. The summed E-state index contributed by atoms with van der Waals surface area (Å²) in [6.07, 6.45) is -0.587. The smallest absolute Gasteiger partial charge is 0.475 e. The standard InChI is InChI=1S/C18H23N7O2.C2HF3O2/c1-12-11-27-9-7-24(12)17-13-3-5-23(6-8-26)16(13)14-10-20-25(18(14)21-17)15-2-4-19-22-15;3-2(4,5)1(6)7/h2,4,10,12,26H,3,5-9,11H2,1H3,(H,19,22);(H,6,7)/t12-;/m1./s1. The fraction of sp³-hybridized carbons (Fsp3) is 0.500. The fourth-order valence-electron chi connectivity index (χ4n) is 4.17. The van der Waals surface area contributed by atoms with Gasteiger partial charge in [0.15, 0.2) is 11.5 Å². The SMILES string of the molecule is C[C@@H]1COCCN1c1nc2c(cnn2-c2ccn[nH]2)c2c1CCN2CCO.O=C(O)C(F)(F)F. The Kier molecular flexibility index (Phi) is 6.61. The molecule has 5 heterocycles. The van der Waals surface area contributed by atoms with Gasteiger partial charge in [-0.2, -0.15) is 28.1 Å². The maximum Gasteiger partial charge on any atom is 0.490 e. The molecule has 0 aromatic carbocycles. The number of H-pyrrole nitrogens is 1. The van der Waals surface area contributed by atoms with Crippen molar-refractivity contribution < 1.29 is 32.9 Å². The van der Waals surface area contributed by atoms with Crippen LogP contribution in [0.25, 0.3) is 16.9 Å². The van der Waals surface area contributed by atoms with E-state index in [-0.39, 0.29) is 12.6 Å². The summed E-state index contributed by atoms with van der Waals surface area (Å²) in [4.78, 5) is 18.5. The largest absolute Gasteiger partial charge is 0.490 e. The molecule has 0 spiro atoms. The Morgan fingerprint density at radius 1 is 1.35 bits per heavy atom. The molecule has 11 nitrogen and oxygen atoms in total. The van der Waals surface area contributed by atoms with Crippen molar-refractivity contribution in [3.05, 3.63) is 24.0 Å². The van der Waals surface area contributed by atoms with Crippen molar-refractivity contribution in [3.63, 3.8) is 0 Å². The van der Waals surface area contributed by atoms with Crippen LogP contribution in [0.1, 0.15) is 12.5 Å². The van der Waals surface area contributed by atoms with Crippen LogP contribution in [-0.2, 0) is 16.0 Å². The highest BCUT2D eigenvalue weighted by Gasteiger charge is 2.38. The van der Waals surface area contributed by atoms with Crippen LogP contribution in [0.15, 0.2) is 18.5 Å². The van der Waals surface area contributed by atoms with E-state index < -0.39 is 12.1 Å². The van der Waals surface area contributed by atoms with Crippen molar-refractivity contribution in [1.82, 2.24) is 25.0 Å². The molecule has 2 aliphatic heterocycles. The van der Waals surface area contributed by atoms with Crippen LogP contribution >= 0.6 is 0 Å². The number of hydrogen-bond donors (Lipinski definition) is 3. The summed E-state index contributed by atoms with van der Waals surface area (Å²) in [7, 11) is 0. The second-order valence-electron chi connectivity index (χ2n) is 7.88. The van der Waals surface area contributed by atoms with Crippen LogP contribution in [0, 0.1) is 0 Å². The number of aromatic amines is 1. The van der Waals surface area contributed by atoms with Gasteiger partial charge in [0.1, 0.15) is 5.82 Å². The predicted molar refractivity (Wildman–Crippen MR) is 115 cm³/mol. The number of fused-ring (bicyclic) bond motifs is 3. The summed E-state index contributed by atoms with van der Waals surface area (Å²) in [5, 5.41) is 29.2. The molecule has 0 saturated carbocycles. The first kappa shape index (κ1) is 23.8. The van der Waals surface area contributed by atoms with Crippen LogP contribution in [0.3, 0.4) is 0 Å². The van der Waals surface area contributed by atoms with E-state index in [4.69, 9.17) is 19.6 Å². The van der Waals surface area contributed by atoms with Crippen molar-refractivity contribution in [2.45, 2.75) is 25.6 Å². The number of alkyl halides is 3. The van der Waals surface area contributed by atoms with E-state index in [1.54, 1.807) is 10.9 Å². The molecule has 0 amide bonds. The number of aliphatic hydroxyl groups excluding tert-OH is 1. The number of carboxylic acid groups (broad SMARTS) is 1. The summed E-state index contributed by atoms with van der Waals surface area (Å²) < 4.78 is 39.2. The molecule has 5 rings (SSSR count). The van der Waals surface area contributed by atoms with Gasteiger partial charge in [-0.3, -0.25) is 5.10 Å². The van der Waals surface area contributed by atoms with Crippen molar-refractivity contribution in [3.8, 4) is 5.82 Å². The molecule has 34 heavy (non-hydrogen) atoms. The first-order valence-corrected chi connectivity index (χ1v) is 10.6. The summed E-state index contributed by atoms with van der Waals surface area (Å²) in [5.74, 6) is -0.965. The summed E-state index contributed by atoms with van der Waals surface area (Å²) in [6, 6.07) is 2.15. The first-order valence-electron chi connectivity index (χ1n) is 10.6. The van der Waals surface area contributed by atoms with Crippen molar-refractivity contribution in [1.29, 1.82) is 0 Å². The highest BCUT2D eigenvalue weighted by molar-refractivity contribution is 5.96. The van der Waals surface area contributed by atoms with Gasteiger partial charge in [0.25, 0.3) is 0 Å². The molecule has 3 N–H and O–H groups in total. The number of pyridine rings is 1. The Labute approximate surface area is 191 Å². The van der Waals surface area contributed by atoms with E-state index in [9.17, 15) is 18.3 Å². The highest BCUT2D eigenvalue weighted by atomic mass is 19.4. The Bertz CT molecular complexity index is 1150. The number of nitrogens with zero attached hydrogens (tertiary/aromatic N) is 6. The number of carboxylic acids is 1. The number of nitrogens with one attached hydrogen (secondary N) is 1. The van der Waals surface area contributed by atoms with Crippen LogP contribution in [0.2, 0.25) is 0 Å². The van der Waals surface area contributed by atoms with Gasteiger partial charge in [-0.1, -0.05) is 0 Å². The first-order chi connectivity index (χ1) is 16.2. The normalized spacial score (nSPS) is 18.1. The Balaban J connectivity index is 0.000000344. The number of rotatable bonds is 4. The molecule has 0 bridgehead atoms. The molecule has 184 valence electrons. The minimum Gasteiger partial charge on any atom is -0.475 e. The van der Waals surface area contributed by atoms with Crippen LogP contribution in [0.5, 0.6) is 0 Å². The molecule has 0 aliphatic carbocycles. The monoisotopic (exact) mass is 483 g/mol. The van der Waals surface area contributed by atoms with Crippen molar-refractivity contribution in [2.75, 3.05) is 49.3 Å². The minimum absolute atomic E-state index is 0.126. The average molecular weight is 483 g/mol. The molecular formula is C20H24F3N7O4. The fourth-order valence-corrected chi connectivity index (χ4v) is 4.17. The van der Waals surface area contributed by atoms with Crippen LogP contribution in [0.4, 0.5) is 24.7 Å². The number of aromatic nitrogens is 5. The lowest BCUT2D eigenvalue weighted by Crippen LogP contribution is -2.44. The number of carbonyl (C=O) groups is 1. The number of aliphatic hydroxyl groups is 1. The minimum atomic E-state index is -5.08. The third kappa shape index (κ3) is 4.50. The summed E-state index contributed by atoms with van der Waals surface area (Å²) in [6.45, 7) is 6.03. The summed E-state index contributed by atoms with van der Waals surface area (Å²) in [5.41, 5.74) is 3.19. The quantitative estimate of drug-likeness (QED) is 0.503. The van der Waals surface area contributed by atoms with Gasteiger partial charge in [-0.15, -0.1) is 0 Å². The lowest BCUT2D eigenvalue weighted by molar-refractivity contribution is -0.192. The van der Waals surface area contributed by atoms with Gasteiger partial charge in [-0.25, -0.2) is 9.78 Å². The number of ether oxygens (including phenoxy) is 1. The number of β-amino-alcohol motifs (C(OH)–C–C–N with tert-alkyl or cyclic N) is 1. The summed E-state index contributed by atoms with van der Waals surface area (Å²) >= 11 is 0. The molecule has 3 aromatic heterocycles. The van der Waals surface area contributed by atoms with Gasteiger partial charge >= 0.3 is 12.1 Å². The van der Waals surface area contributed by atoms with E-state index in [1.807, 2.05) is 12.3 Å². The Hall–Kier alpha value is -3.39. The van der Waals surface area contributed by atoms with E-state index in [0.29, 0.717) is 19.8 Å². The lowest BCUT2D eigenvalue weighted by Gasteiger charge is -2.35. The molecule has 14 heteroatoms. The maximum absolute atomic E-state index is 10.6. The molecule has 0 unspecified atom stereocenters. The van der Waals surface area contributed by atoms with E-state index in [0.717, 1.165) is 47.9 Å². The second-order valence-corrected chi connectivity index (χ2v) is 7.88. The number of anilines is 2. The lowest BCUT2D eigenvalue weighted by atomic mass is 10.1. The van der Waals surface area contributed by atoms with E-state index >= 15 is 0 Å². The molecule has 1 fully saturated rings. The molecular weight excluding hydrogens is 459 g/mol. The molecule has 1 atom stereocenters. The Morgan fingerprint density at radius 2 is 2.12 bits per heavy atom. The van der Waals surface area contributed by atoms with Gasteiger partial charge in [0.05, 0.1) is 49.3 Å². The topological polar surface area (TPSA) is 133 Å². The zero-order chi connectivity index (χ0) is 24.5. The molecule has 0 radical (unpaired) electrons. The zero-order valence-corrected chi connectivity index (χ0v) is 18.3. The second kappa shape index (κ2) is 9.46. The number of hydrogen-bond acceptors (Lipinski definition) is 8. The molecule has 1 saturated heterocycles. The van der Waals surface area contributed by atoms with Crippen molar-refractivity contribution in [2.24, 2.45) is 0 Å². The average Bonchev–Trinajstić information content (AvgIpc) is 3.53.